The van der Waals surface area contributed by atoms with Crippen molar-refractivity contribution in [2.45, 2.75) is 19.0 Å². The van der Waals surface area contributed by atoms with E-state index in [1.165, 1.54) is 7.11 Å². The highest BCUT2D eigenvalue weighted by molar-refractivity contribution is 7.80. The van der Waals surface area contributed by atoms with Gasteiger partial charge in [0, 0.05) is 6.42 Å². The van der Waals surface area contributed by atoms with E-state index in [2.05, 4.69) is 15.4 Å². The summed E-state index contributed by atoms with van der Waals surface area (Å²) in [6.07, 6.45) is 2.05. The summed E-state index contributed by atoms with van der Waals surface area (Å²) in [6, 6.07) is -0.487. The van der Waals surface area contributed by atoms with Crippen molar-refractivity contribution in [1.29, 1.82) is 0 Å². The van der Waals surface area contributed by atoms with Crippen LogP contribution < -0.4 is 11.3 Å². The van der Waals surface area contributed by atoms with Gasteiger partial charge in [0.25, 0.3) is 0 Å². The van der Waals surface area contributed by atoms with E-state index in [1.807, 2.05) is 0 Å². The van der Waals surface area contributed by atoms with E-state index in [1.54, 1.807) is 11.2 Å². The standard InChI is InChI=1S/C9H13N5O2S/c1-16-8(15)7-2-5-6(12-4-11-5)3-14(7)9(17)13-10/h4,7H,2-3,10H2,1H3,(H,11,12)(H,13,17). The van der Waals surface area contributed by atoms with Gasteiger partial charge in [0.2, 0.25) is 0 Å². The highest BCUT2D eigenvalue weighted by Crippen LogP contribution is 2.21. The van der Waals surface area contributed by atoms with Crippen LogP contribution in [-0.2, 0) is 22.5 Å². The summed E-state index contributed by atoms with van der Waals surface area (Å²) in [5.74, 6) is 4.94. The average molecular weight is 255 g/mol. The number of thiocarbonyl (C=S) groups is 1. The number of fused-ring (bicyclic) bond motifs is 1. The van der Waals surface area contributed by atoms with Crippen molar-refractivity contribution in [2.75, 3.05) is 7.11 Å². The third kappa shape index (κ3) is 2.08. The maximum atomic E-state index is 11.7. The Kier molecular flexibility index (Phi) is 3.25. The van der Waals surface area contributed by atoms with Crippen molar-refractivity contribution in [3.8, 4) is 0 Å². The third-order valence-electron chi connectivity index (χ3n) is 2.76. The lowest BCUT2D eigenvalue weighted by molar-refractivity contribution is -0.145. The van der Waals surface area contributed by atoms with Gasteiger partial charge in [-0.15, -0.1) is 0 Å². The highest BCUT2D eigenvalue weighted by atomic mass is 32.1. The molecule has 2 heterocycles. The second-order valence-corrected chi connectivity index (χ2v) is 4.03. The molecule has 0 fully saturated rings. The molecule has 0 aliphatic carbocycles. The van der Waals surface area contributed by atoms with Crippen LogP contribution in [0.25, 0.3) is 0 Å². The average Bonchev–Trinajstić information content (AvgIpc) is 2.82. The first kappa shape index (κ1) is 11.8. The second-order valence-electron chi connectivity index (χ2n) is 3.65. The SMILES string of the molecule is COC(=O)C1Cc2nc[nH]c2CN1C(=S)NN. The van der Waals surface area contributed by atoms with Gasteiger partial charge in [0.1, 0.15) is 6.04 Å². The van der Waals surface area contributed by atoms with Crippen molar-refractivity contribution in [1.82, 2.24) is 20.3 Å². The molecule has 0 spiro atoms. The summed E-state index contributed by atoms with van der Waals surface area (Å²) in [5.41, 5.74) is 4.17. The van der Waals surface area contributed by atoms with Gasteiger partial charge in [-0.2, -0.15) is 0 Å². The number of hydrogen-bond acceptors (Lipinski definition) is 5. The van der Waals surface area contributed by atoms with Crippen LogP contribution in [-0.4, -0.2) is 39.1 Å². The van der Waals surface area contributed by atoms with Crippen LogP contribution in [0, 0.1) is 0 Å². The van der Waals surface area contributed by atoms with Crippen molar-refractivity contribution >= 4 is 23.3 Å². The highest BCUT2D eigenvalue weighted by Gasteiger charge is 2.34. The number of H-pyrrole nitrogens is 1. The van der Waals surface area contributed by atoms with Crippen molar-refractivity contribution in [3.05, 3.63) is 17.7 Å². The number of carbonyl (C=O) groups excluding carboxylic acids is 1. The maximum absolute atomic E-state index is 11.7. The number of hydrazine groups is 1. The van der Waals surface area contributed by atoms with Gasteiger partial charge in [0.15, 0.2) is 5.11 Å². The predicted molar refractivity (Wildman–Crippen MR) is 63.6 cm³/mol. The molecular weight excluding hydrogens is 242 g/mol. The molecule has 0 aromatic carbocycles. The maximum Gasteiger partial charge on any atom is 0.328 e. The number of rotatable bonds is 1. The first-order valence-electron chi connectivity index (χ1n) is 5.03. The van der Waals surface area contributed by atoms with Crippen LogP contribution in [0.2, 0.25) is 0 Å². The van der Waals surface area contributed by atoms with E-state index in [0.29, 0.717) is 18.1 Å². The molecule has 0 amide bonds. The molecule has 7 nitrogen and oxygen atoms in total. The van der Waals surface area contributed by atoms with Crippen LogP contribution >= 0.6 is 12.2 Å². The summed E-state index contributed by atoms with van der Waals surface area (Å²) in [7, 11) is 1.35. The van der Waals surface area contributed by atoms with Crippen molar-refractivity contribution < 1.29 is 9.53 Å². The number of aromatic nitrogens is 2. The molecule has 4 N–H and O–H groups in total. The Balaban J connectivity index is 2.29. The fraction of sp³-hybridized carbons (Fsp3) is 0.444. The normalized spacial score (nSPS) is 18.5. The lowest BCUT2D eigenvalue weighted by Crippen LogP contribution is -2.54. The van der Waals surface area contributed by atoms with Gasteiger partial charge in [-0.05, 0) is 12.2 Å². The summed E-state index contributed by atoms with van der Waals surface area (Å²) in [6.45, 7) is 0.456. The number of nitrogens with zero attached hydrogens (tertiary/aromatic N) is 2. The van der Waals surface area contributed by atoms with Gasteiger partial charge in [0.05, 0.1) is 31.4 Å². The number of hydrogen-bond donors (Lipinski definition) is 3. The molecule has 1 aromatic rings. The molecule has 0 bridgehead atoms. The van der Waals surface area contributed by atoms with Gasteiger partial charge in [-0.3, -0.25) is 0 Å². The molecule has 0 saturated carbocycles. The Bertz CT molecular complexity index is 408. The number of esters is 1. The van der Waals surface area contributed by atoms with Gasteiger partial charge < -0.3 is 20.0 Å². The molecule has 1 atom stereocenters. The molecule has 0 saturated heterocycles. The number of nitrogens with one attached hydrogen (secondary N) is 2. The fourth-order valence-electron chi connectivity index (χ4n) is 1.88. The zero-order valence-corrected chi connectivity index (χ0v) is 10.1. The smallest absolute Gasteiger partial charge is 0.328 e. The summed E-state index contributed by atoms with van der Waals surface area (Å²) >= 11 is 5.07. The van der Waals surface area contributed by atoms with Crippen LogP contribution in [0.5, 0.6) is 0 Å². The Hall–Kier alpha value is -1.67. The number of imidazole rings is 1. The van der Waals surface area contributed by atoms with E-state index in [9.17, 15) is 4.79 Å². The lowest BCUT2D eigenvalue weighted by Gasteiger charge is -2.34. The molecule has 8 heteroatoms. The topological polar surface area (TPSA) is 96.3 Å². The van der Waals surface area contributed by atoms with Crippen molar-refractivity contribution in [2.24, 2.45) is 5.84 Å². The largest absolute Gasteiger partial charge is 0.467 e. The summed E-state index contributed by atoms with van der Waals surface area (Å²) in [5, 5.41) is 0.306. The molecule has 0 radical (unpaired) electrons. The minimum absolute atomic E-state index is 0.306. The zero-order valence-electron chi connectivity index (χ0n) is 9.27. The fourth-order valence-corrected chi connectivity index (χ4v) is 2.07. The number of carbonyl (C=O) groups is 1. The molecular formula is C9H13N5O2S. The van der Waals surface area contributed by atoms with Crippen molar-refractivity contribution in [3.63, 3.8) is 0 Å². The molecule has 92 valence electrons. The number of aromatic amines is 1. The minimum Gasteiger partial charge on any atom is -0.467 e. The van der Waals surface area contributed by atoms with Crippen LogP contribution in [0.3, 0.4) is 0 Å². The van der Waals surface area contributed by atoms with Gasteiger partial charge in [-0.25, -0.2) is 15.6 Å². The summed E-state index contributed by atoms with van der Waals surface area (Å²) < 4.78 is 4.76. The Morgan fingerprint density at radius 2 is 2.59 bits per heavy atom. The second kappa shape index (κ2) is 4.68. The summed E-state index contributed by atoms with van der Waals surface area (Å²) in [4.78, 5) is 20.6. The molecule has 1 aliphatic rings. The van der Waals surface area contributed by atoms with Gasteiger partial charge in [-0.1, -0.05) is 0 Å². The molecule has 2 rings (SSSR count). The van der Waals surface area contributed by atoms with Gasteiger partial charge >= 0.3 is 5.97 Å². The molecule has 17 heavy (non-hydrogen) atoms. The third-order valence-corrected chi connectivity index (χ3v) is 3.11. The first-order chi connectivity index (χ1) is 8.17. The van der Waals surface area contributed by atoms with Crippen LogP contribution in [0.15, 0.2) is 6.33 Å². The first-order valence-corrected chi connectivity index (χ1v) is 5.44. The Morgan fingerprint density at radius 3 is 3.24 bits per heavy atom. The Morgan fingerprint density at radius 1 is 1.82 bits per heavy atom. The monoisotopic (exact) mass is 255 g/mol. The minimum atomic E-state index is -0.487. The van der Waals surface area contributed by atoms with E-state index in [0.717, 1.165) is 11.4 Å². The number of methoxy groups -OCH3 is 1. The van der Waals surface area contributed by atoms with Crippen LogP contribution in [0.1, 0.15) is 11.4 Å². The molecule has 1 aliphatic heterocycles. The molecule has 1 unspecified atom stereocenters. The predicted octanol–water partition coefficient (Wildman–Crippen LogP) is -0.942. The lowest BCUT2D eigenvalue weighted by atomic mass is 10.0. The number of ether oxygens (including phenoxy) is 1. The van der Waals surface area contributed by atoms with E-state index in [-0.39, 0.29) is 5.97 Å². The Labute approximate surface area is 103 Å². The number of nitrogens with two attached hydrogens (primary N) is 1. The molecule has 1 aromatic heterocycles. The van der Waals surface area contributed by atoms with Crippen LogP contribution in [0.4, 0.5) is 0 Å². The van der Waals surface area contributed by atoms with E-state index in [4.69, 9.17) is 22.8 Å². The van der Waals surface area contributed by atoms with E-state index < -0.39 is 6.04 Å². The van der Waals surface area contributed by atoms with E-state index >= 15 is 0 Å². The quantitative estimate of drug-likeness (QED) is 0.258. The zero-order chi connectivity index (χ0) is 12.4.